The molecular formula is C14H14BrNO3. The Morgan fingerprint density at radius 2 is 2.21 bits per heavy atom. The Morgan fingerprint density at radius 3 is 2.89 bits per heavy atom. The molecule has 0 atom stereocenters. The van der Waals surface area contributed by atoms with Gasteiger partial charge in [-0.05, 0) is 46.6 Å². The van der Waals surface area contributed by atoms with Crippen molar-refractivity contribution in [1.82, 2.24) is 0 Å². The fourth-order valence-corrected chi connectivity index (χ4v) is 1.82. The zero-order chi connectivity index (χ0) is 13.7. The highest BCUT2D eigenvalue weighted by Crippen LogP contribution is 2.19. The summed E-state index contributed by atoms with van der Waals surface area (Å²) in [6, 6.07) is 10.6. The van der Waals surface area contributed by atoms with E-state index in [2.05, 4.69) is 21.2 Å². The predicted molar refractivity (Wildman–Crippen MR) is 76.6 cm³/mol. The van der Waals surface area contributed by atoms with Gasteiger partial charge in [-0.3, -0.25) is 4.79 Å². The lowest BCUT2D eigenvalue weighted by atomic mass is 10.3. The van der Waals surface area contributed by atoms with Crippen LogP contribution in [0, 0.1) is 0 Å². The van der Waals surface area contributed by atoms with Crippen LogP contribution in [-0.2, 0) is 0 Å². The van der Waals surface area contributed by atoms with Crippen LogP contribution < -0.4 is 10.1 Å². The van der Waals surface area contributed by atoms with Gasteiger partial charge in [0, 0.05) is 11.8 Å². The number of halogens is 1. The van der Waals surface area contributed by atoms with Crippen LogP contribution in [0.3, 0.4) is 0 Å². The summed E-state index contributed by atoms with van der Waals surface area (Å²) in [5, 5.41) is 2.75. The number of hydrogen-bond donors (Lipinski definition) is 1. The molecule has 0 radical (unpaired) electrons. The van der Waals surface area contributed by atoms with Gasteiger partial charge in [-0.2, -0.15) is 0 Å². The van der Waals surface area contributed by atoms with Gasteiger partial charge in [0.15, 0.2) is 10.4 Å². The Kier molecular flexibility index (Phi) is 4.63. The summed E-state index contributed by atoms with van der Waals surface area (Å²) in [5.41, 5.74) is 0.672. The lowest BCUT2D eigenvalue weighted by Gasteiger charge is -2.07. The summed E-state index contributed by atoms with van der Waals surface area (Å²) in [7, 11) is 0. The summed E-state index contributed by atoms with van der Waals surface area (Å²) >= 11 is 3.16. The van der Waals surface area contributed by atoms with Crippen molar-refractivity contribution in [3.8, 4) is 5.75 Å². The molecule has 100 valence electrons. The number of anilines is 1. The summed E-state index contributed by atoms with van der Waals surface area (Å²) in [5.74, 6) is 0.699. The summed E-state index contributed by atoms with van der Waals surface area (Å²) < 4.78 is 11.2. The van der Waals surface area contributed by atoms with Crippen molar-refractivity contribution in [2.45, 2.75) is 13.3 Å². The van der Waals surface area contributed by atoms with Crippen LogP contribution in [0.4, 0.5) is 5.69 Å². The van der Waals surface area contributed by atoms with Crippen molar-refractivity contribution in [2.75, 3.05) is 11.9 Å². The van der Waals surface area contributed by atoms with Crippen LogP contribution >= 0.6 is 15.9 Å². The maximum atomic E-state index is 11.9. The number of amides is 1. The van der Waals surface area contributed by atoms with E-state index in [4.69, 9.17) is 9.15 Å². The summed E-state index contributed by atoms with van der Waals surface area (Å²) in [6.07, 6.45) is 0.941. The van der Waals surface area contributed by atoms with Gasteiger partial charge in [0.1, 0.15) is 5.75 Å². The Balaban J connectivity index is 2.04. The Hall–Kier alpha value is -1.75. The second-order valence-electron chi connectivity index (χ2n) is 3.93. The van der Waals surface area contributed by atoms with Crippen molar-refractivity contribution in [2.24, 2.45) is 0 Å². The van der Waals surface area contributed by atoms with Crippen LogP contribution in [0.1, 0.15) is 23.9 Å². The molecule has 5 heteroatoms. The zero-order valence-corrected chi connectivity index (χ0v) is 12.1. The smallest absolute Gasteiger partial charge is 0.291 e. The van der Waals surface area contributed by atoms with E-state index >= 15 is 0 Å². The zero-order valence-electron chi connectivity index (χ0n) is 10.5. The number of hydrogen-bond acceptors (Lipinski definition) is 3. The molecule has 19 heavy (non-hydrogen) atoms. The maximum Gasteiger partial charge on any atom is 0.291 e. The minimum Gasteiger partial charge on any atom is -0.494 e. The van der Waals surface area contributed by atoms with Crippen molar-refractivity contribution >= 4 is 27.5 Å². The molecule has 1 heterocycles. The number of carbonyl (C=O) groups is 1. The molecule has 2 rings (SSSR count). The van der Waals surface area contributed by atoms with E-state index < -0.39 is 0 Å². The first-order chi connectivity index (χ1) is 9.19. The molecule has 0 spiro atoms. The third-order valence-corrected chi connectivity index (χ3v) is 2.79. The Morgan fingerprint density at radius 1 is 1.37 bits per heavy atom. The van der Waals surface area contributed by atoms with E-state index in [1.807, 2.05) is 19.1 Å². The molecule has 4 nitrogen and oxygen atoms in total. The highest BCUT2D eigenvalue weighted by atomic mass is 79.9. The molecule has 1 amide bonds. The highest BCUT2D eigenvalue weighted by molar-refractivity contribution is 9.10. The Labute approximate surface area is 119 Å². The largest absolute Gasteiger partial charge is 0.494 e. The molecule has 2 aromatic rings. The van der Waals surface area contributed by atoms with Crippen molar-refractivity contribution in [1.29, 1.82) is 0 Å². The third kappa shape index (κ3) is 3.86. The monoisotopic (exact) mass is 323 g/mol. The standard InChI is InChI=1S/C14H14BrNO3/c1-2-8-18-11-5-3-4-10(9-11)16-14(17)12-6-7-13(15)19-12/h3-7,9H,2,8H2,1H3,(H,16,17). The van der Waals surface area contributed by atoms with Gasteiger partial charge < -0.3 is 14.5 Å². The number of benzene rings is 1. The van der Waals surface area contributed by atoms with E-state index in [1.54, 1.807) is 24.3 Å². The minimum absolute atomic E-state index is 0.256. The molecule has 0 saturated heterocycles. The van der Waals surface area contributed by atoms with Crippen molar-refractivity contribution in [3.63, 3.8) is 0 Å². The van der Waals surface area contributed by atoms with Crippen LogP contribution in [0.2, 0.25) is 0 Å². The fraction of sp³-hybridized carbons (Fsp3) is 0.214. The van der Waals surface area contributed by atoms with Gasteiger partial charge in [0.25, 0.3) is 5.91 Å². The van der Waals surface area contributed by atoms with Gasteiger partial charge in [-0.25, -0.2) is 0 Å². The second-order valence-corrected chi connectivity index (χ2v) is 4.72. The predicted octanol–water partition coefficient (Wildman–Crippen LogP) is 4.08. The number of nitrogens with one attached hydrogen (secondary N) is 1. The van der Waals surface area contributed by atoms with Gasteiger partial charge in [0.2, 0.25) is 0 Å². The number of furan rings is 1. The molecule has 0 aliphatic carbocycles. The van der Waals surface area contributed by atoms with E-state index in [-0.39, 0.29) is 11.7 Å². The molecule has 0 unspecified atom stereocenters. The van der Waals surface area contributed by atoms with E-state index in [1.165, 1.54) is 0 Å². The van der Waals surface area contributed by atoms with Crippen LogP contribution in [-0.4, -0.2) is 12.5 Å². The van der Waals surface area contributed by atoms with E-state index in [9.17, 15) is 4.79 Å². The van der Waals surface area contributed by atoms with Gasteiger partial charge in [-0.15, -0.1) is 0 Å². The van der Waals surface area contributed by atoms with Crippen molar-refractivity contribution < 1.29 is 13.9 Å². The van der Waals surface area contributed by atoms with Crippen LogP contribution in [0.25, 0.3) is 0 Å². The number of carbonyl (C=O) groups excluding carboxylic acids is 1. The molecule has 0 saturated carbocycles. The minimum atomic E-state index is -0.293. The lowest BCUT2D eigenvalue weighted by molar-refractivity contribution is 0.0995. The molecule has 0 aliphatic rings. The highest BCUT2D eigenvalue weighted by Gasteiger charge is 2.10. The topological polar surface area (TPSA) is 51.5 Å². The summed E-state index contributed by atoms with van der Waals surface area (Å²) in [6.45, 7) is 2.70. The molecule has 1 N–H and O–H groups in total. The second kappa shape index (κ2) is 6.43. The van der Waals surface area contributed by atoms with Gasteiger partial charge in [-0.1, -0.05) is 13.0 Å². The van der Waals surface area contributed by atoms with Gasteiger partial charge >= 0.3 is 0 Å². The SMILES string of the molecule is CCCOc1cccc(NC(=O)c2ccc(Br)o2)c1. The molecular weight excluding hydrogens is 310 g/mol. The first-order valence-electron chi connectivity index (χ1n) is 5.98. The average molecular weight is 324 g/mol. The average Bonchev–Trinajstić information content (AvgIpc) is 2.83. The van der Waals surface area contributed by atoms with Crippen LogP contribution in [0.5, 0.6) is 5.75 Å². The van der Waals surface area contributed by atoms with E-state index in [0.717, 1.165) is 12.2 Å². The quantitative estimate of drug-likeness (QED) is 0.901. The fourth-order valence-electron chi connectivity index (χ4n) is 1.51. The van der Waals surface area contributed by atoms with Gasteiger partial charge in [0.05, 0.1) is 6.61 Å². The lowest BCUT2D eigenvalue weighted by Crippen LogP contribution is -2.10. The third-order valence-electron chi connectivity index (χ3n) is 2.36. The first-order valence-corrected chi connectivity index (χ1v) is 6.78. The first kappa shape index (κ1) is 13.7. The molecule has 1 aromatic carbocycles. The number of rotatable bonds is 5. The maximum absolute atomic E-state index is 11.9. The molecule has 0 bridgehead atoms. The summed E-state index contributed by atoms with van der Waals surface area (Å²) in [4.78, 5) is 11.9. The Bertz CT molecular complexity index is 565. The van der Waals surface area contributed by atoms with E-state index in [0.29, 0.717) is 17.0 Å². The number of ether oxygens (including phenoxy) is 1. The molecule has 1 aromatic heterocycles. The van der Waals surface area contributed by atoms with Crippen molar-refractivity contribution in [3.05, 3.63) is 46.8 Å². The molecule has 0 aliphatic heterocycles. The van der Waals surface area contributed by atoms with Crippen LogP contribution in [0.15, 0.2) is 45.5 Å². The molecule has 0 fully saturated rings. The normalized spacial score (nSPS) is 10.2.